The molecule has 0 saturated heterocycles. The minimum Gasteiger partial charge on any atom is -0.320 e. The molecule has 0 aliphatic carbocycles. The Morgan fingerprint density at radius 2 is 1.21 bits per heavy atom. The van der Waals surface area contributed by atoms with Gasteiger partial charge in [0.05, 0.1) is 6.04 Å². The highest BCUT2D eigenvalue weighted by Gasteiger charge is 2.14. The quantitative estimate of drug-likeness (QED) is 0.846. The van der Waals surface area contributed by atoms with E-state index in [-0.39, 0.29) is 11.5 Å². The Hall–Kier alpha value is -1.60. The van der Waals surface area contributed by atoms with Crippen LogP contribution in [0.2, 0.25) is 0 Å². The van der Waals surface area contributed by atoms with Crippen molar-refractivity contribution in [3.63, 3.8) is 0 Å². The van der Waals surface area contributed by atoms with E-state index in [9.17, 15) is 0 Å². The molecule has 0 heterocycles. The monoisotopic (exact) mass is 253 g/mol. The molecule has 0 saturated carbocycles. The van der Waals surface area contributed by atoms with Gasteiger partial charge in [0.2, 0.25) is 0 Å². The third-order valence-corrected chi connectivity index (χ3v) is 3.57. The summed E-state index contributed by atoms with van der Waals surface area (Å²) < 4.78 is 0. The van der Waals surface area contributed by atoms with Crippen molar-refractivity contribution in [2.75, 3.05) is 0 Å². The second kappa shape index (κ2) is 5.18. The molecule has 1 heteroatoms. The molecule has 1 atom stereocenters. The van der Waals surface area contributed by atoms with Gasteiger partial charge in [0.1, 0.15) is 0 Å². The highest BCUT2D eigenvalue weighted by Crippen LogP contribution is 2.25. The van der Waals surface area contributed by atoms with E-state index in [4.69, 9.17) is 5.73 Å². The molecule has 0 aliphatic heterocycles. The Morgan fingerprint density at radius 1 is 0.789 bits per heavy atom. The zero-order valence-electron chi connectivity index (χ0n) is 12.3. The molecular formula is C18H23N. The number of rotatable bonds is 2. The van der Waals surface area contributed by atoms with Crippen molar-refractivity contribution in [3.8, 4) is 0 Å². The van der Waals surface area contributed by atoms with Gasteiger partial charge in [-0.2, -0.15) is 0 Å². The predicted octanol–water partition coefficient (Wildman–Crippen LogP) is 4.34. The second-order valence-electron chi connectivity index (χ2n) is 6.26. The first-order valence-electron chi connectivity index (χ1n) is 6.80. The number of nitrogens with two attached hydrogens (primary N) is 1. The molecule has 2 aromatic carbocycles. The average Bonchev–Trinajstić information content (AvgIpc) is 2.38. The molecule has 0 radical (unpaired) electrons. The first-order chi connectivity index (χ1) is 8.88. The van der Waals surface area contributed by atoms with Crippen LogP contribution in [0.3, 0.4) is 0 Å². The molecule has 1 nitrogen and oxygen atoms in total. The Morgan fingerprint density at radius 3 is 1.63 bits per heavy atom. The lowest BCUT2D eigenvalue weighted by Gasteiger charge is -2.20. The largest absolute Gasteiger partial charge is 0.320 e. The van der Waals surface area contributed by atoms with Gasteiger partial charge in [-0.25, -0.2) is 0 Å². The van der Waals surface area contributed by atoms with Crippen molar-refractivity contribution in [1.82, 2.24) is 0 Å². The molecule has 2 N–H and O–H groups in total. The van der Waals surface area contributed by atoms with Gasteiger partial charge >= 0.3 is 0 Å². The van der Waals surface area contributed by atoms with E-state index in [1.54, 1.807) is 0 Å². The Kier molecular flexibility index (Phi) is 3.77. The molecule has 0 spiro atoms. The van der Waals surface area contributed by atoms with Crippen LogP contribution in [-0.4, -0.2) is 0 Å². The van der Waals surface area contributed by atoms with Gasteiger partial charge in [-0.1, -0.05) is 74.9 Å². The van der Waals surface area contributed by atoms with Gasteiger partial charge < -0.3 is 5.73 Å². The molecule has 0 fully saturated rings. The van der Waals surface area contributed by atoms with Crippen LogP contribution in [0.15, 0.2) is 48.5 Å². The minimum atomic E-state index is -0.0466. The number of hydrogen-bond donors (Lipinski definition) is 1. The maximum atomic E-state index is 6.33. The molecular weight excluding hydrogens is 230 g/mol. The van der Waals surface area contributed by atoms with Crippen molar-refractivity contribution in [2.24, 2.45) is 5.73 Å². The third kappa shape index (κ3) is 3.24. The maximum absolute atomic E-state index is 6.33. The van der Waals surface area contributed by atoms with E-state index in [2.05, 4.69) is 76.2 Å². The van der Waals surface area contributed by atoms with Crippen LogP contribution in [0.4, 0.5) is 0 Å². The zero-order chi connectivity index (χ0) is 14.0. The maximum Gasteiger partial charge on any atom is 0.0551 e. The molecule has 100 valence electrons. The minimum absolute atomic E-state index is 0.0466. The fourth-order valence-electron chi connectivity index (χ4n) is 2.16. The molecule has 2 aromatic rings. The summed E-state index contributed by atoms with van der Waals surface area (Å²) >= 11 is 0. The number of aryl methyl sites for hydroxylation is 1. The standard InChI is InChI=1S/C18H23N/c1-13-5-7-14(8-6-13)17(19)15-9-11-16(12-10-15)18(2,3)4/h5-12,17H,19H2,1-4H3. The summed E-state index contributed by atoms with van der Waals surface area (Å²) in [4.78, 5) is 0. The van der Waals surface area contributed by atoms with Crippen LogP contribution in [-0.2, 0) is 5.41 Å². The van der Waals surface area contributed by atoms with Gasteiger partial charge in [0.25, 0.3) is 0 Å². The number of hydrogen-bond acceptors (Lipinski definition) is 1. The topological polar surface area (TPSA) is 26.0 Å². The summed E-state index contributed by atoms with van der Waals surface area (Å²) in [6, 6.07) is 17.0. The second-order valence-corrected chi connectivity index (χ2v) is 6.26. The van der Waals surface area contributed by atoms with Crippen LogP contribution in [0.5, 0.6) is 0 Å². The molecule has 1 unspecified atom stereocenters. The average molecular weight is 253 g/mol. The van der Waals surface area contributed by atoms with Crippen LogP contribution in [0.1, 0.15) is 49.1 Å². The van der Waals surface area contributed by atoms with Crippen LogP contribution in [0.25, 0.3) is 0 Å². The first kappa shape index (κ1) is 13.8. The highest BCUT2D eigenvalue weighted by atomic mass is 14.6. The SMILES string of the molecule is Cc1ccc(C(N)c2ccc(C(C)(C)C)cc2)cc1. The van der Waals surface area contributed by atoms with E-state index in [1.807, 2.05) is 0 Å². The highest BCUT2D eigenvalue weighted by molar-refractivity contribution is 5.35. The molecule has 0 bridgehead atoms. The lowest BCUT2D eigenvalue weighted by molar-refractivity contribution is 0.589. The fourth-order valence-corrected chi connectivity index (χ4v) is 2.16. The Balaban J connectivity index is 2.25. The van der Waals surface area contributed by atoms with Gasteiger partial charge in [0.15, 0.2) is 0 Å². The molecule has 19 heavy (non-hydrogen) atoms. The summed E-state index contributed by atoms with van der Waals surface area (Å²) in [7, 11) is 0. The van der Waals surface area contributed by atoms with Crippen LogP contribution >= 0.6 is 0 Å². The predicted molar refractivity (Wildman–Crippen MR) is 82.4 cm³/mol. The van der Waals surface area contributed by atoms with E-state index in [1.165, 1.54) is 11.1 Å². The van der Waals surface area contributed by atoms with Crippen molar-refractivity contribution < 1.29 is 0 Å². The lowest BCUT2D eigenvalue weighted by Crippen LogP contribution is -2.14. The van der Waals surface area contributed by atoms with Crippen molar-refractivity contribution >= 4 is 0 Å². The smallest absolute Gasteiger partial charge is 0.0551 e. The van der Waals surface area contributed by atoms with E-state index in [0.29, 0.717) is 0 Å². The van der Waals surface area contributed by atoms with Crippen LogP contribution in [0, 0.1) is 6.92 Å². The Labute approximate surface area is 116 Å². The molecule has 0 amide bonds. The van der Waals surface area contributed by atoms with E-state index in [0.717, 1.165) is 11.1 Å². The molecule has 0 aliphatic rings. The zero-order valence-corrected chi connectivity index (χ0v) is 12.3. The summed E-state index contributed by atoms with van der Waals surface area (Å²) in [6.45, 7) is 8.76. The Bertz CT molecular complexity index is 529. The van der Waals surface area contributed by atoms with Gasteiger partial charge in [0, 0.05) is 0 Å². The summed E-state index contributed by atoms with van der Waals surface area (Å²) in [5, 5.41) is 0. The normalized spacial score (nSPS) is 13.3. The summed E-state index contributed by atoms with van der Waals surface area (Å²) in [6.07, 6.45) is 0. The molecule has 0 aromatic heterocycles. The van der Waals surface area contributed by atoms with Gasteiger partial charge in [-0.15, -0.1) is 0 Å². The lowest BCUT2D eigenvalue weighted by atomic mass is 9.86. The van der Waals surface area contributed by atoms with Gasteiger partial charge in [-0.3, -0.25) is 0 Å². The van der Waals surface area contributed by atoms with Crippen molar-refractivity contribution in [1.29, 1.82) is 0 Å². The molecule has 2 rings (SSSR count). The van der Waals surface area contributed by atoms with Gasteiger partial charge in [-0.05, 0) is 29.0 Å². The van der Waals surface area contributed by atoms with E-state index < -0.39 is 0 Å². The van der Waals surface area contributed by atoms with Crippen LogP contribution < -0.4 is 5.73 Å². The third-order valence-electron chi connectivity index (χ3n) is 3.57. The number of benzene rings is 2. The van der Waals surface area contributed by atoms with Crippen molar-refractivity contribution in [3.05, 3.63) is 70.8 Å². The summed E-state index contributed by atoms with van der Waals surface area (Å²) in [5.41, 5.74) is 11.4. The summed E-state index contributed by atoms with van der Waals surface area (Å²) in [5.74, 6) is 0. The van der Waals surface area contributed by atoms with E-state index >= 15 is 0 Å². The fraction of sp³-hybridized carbons (Fsp3) is 0.333. The first-order valence-corrected chi connectivity index (χ1v) is 6.80. The van der Waals surface area contributed by atoms with Crippen molar-refractivity contribution in [2.45, 2.75) is 39.2 Å².